The molecule has 112 valence electrons. The number of hydrogen-bond acceptors (Lipinski definition) is 5. The van der Waals surface area contributed by atoms with E-state index in [-0.39, 0.29) is 23.5 Å². The Morgan fingerprint density at radius 3 is 2.79 bits per heavy atom. The van der Waals surface area contributed by atoms with Gasteiger partial charge in [0.05, 0.1) is 31.3 Å². The summed E-state index contributed by atoms with van der Waals surface area (Å²) in [5, 5.41) is 3.33. The standard InChI is InChI=1S/C14H27NO4/c1-5-7-15-12-10-18-9-11(12)13(16)19-8-6-14(2,3)17-4/h11-12,15H,5-10H2,1-4H3. The molecule has 0 aliphatic carbocycles. The lowest BCUT2D eigenvalue weighted by Crippen LogP contribution is -2.40. The summed E-state index contributed by atoms with van der Waals surface area (Å²) in [6.45, 7) is 8.38. The molecule has 0 radical (unpaired) electrons. The molecule has 1 aliphatic heterocycles. The largest absolute Gasteiger partial charge is 0.465 e. The lowest BCUT2D eigenvalue weighted by molar-refractivity contribution is -0.150. The van der Waals surface area contributed by atoms with Crippen molar-refractivity contribution in [2.75, 3.05) is 33.5 Å². The van der Waals surface area contributed by atoms with Crippen LogP contribution in [0.3, 0.4) is 0 Å². The van der Waals surface area contributed by atoms with Gasteiger partial charge in [-0.15, -0.1) is 0 Å². The zero-order valence-electron chi connectivity index (χ0n) is 12.5. The molecule has 1 rings (SSSR count). The fraction of sp³-hybridized carbons (Fsp3) is 0.929. The molecule has 2 unspecified atom stereocenters. The molecule has 0 aromatic heterocycles. The van der Waals surface area contributed by atoms with Gasteiger partial charge in [0.1, 0.15) is 0 Å². The minimum atomic E-state index is -0.258. The molecule has 0 saturated carbocycles. The number of ether oxygens (including phenoxy) is 3. The first-order valence-corrected chi connectivity index (χ1v) is 7.03. The van der Waals surface area contributed by atoms with Crippen molar-refractivity contribution >= 4 is 5.97 Å². The Balaban J connectivity index is 2.32. The molecule has 5 heteroatoms. The van der Waals surface area contributed by atoms with E-state index in [0.717, 1.165) is 13.0 Å². The first-order valence-electron chi connectivity index (χ1n) is 7.03. The fourth-order valence-corrected chi connectivity index (χ4v) is 1.92. The highest BCUT2D eigenvalue weighted by Crippen LogP contribution is 2.17. The Bertz CT molecular complexity index is 281. The SMILES string of the molecule is CCCNC1COCC1C(=O)OCCC(C)(C)OC. The third-order valence-electron chi connectivity index (χ3n) is 3.54. The third kappa shape index (κ3) is 5.47. The first kappa shape index (κ1) is 16.4. The van der Waals surface area contributed by atoms with Gasteiger partial charge in [-0.1, -0.05) is 6.92 Å². The van der Waals surface area contributed by atoms with Gasteiger partial charge in [0.25, 0.3) is 0 Å². The lowest BCUT2D eigenvalue weighted by atomic mass is 10.0. The first-order chi connectivity index (χ1) is 9.00. The molecule has 0 spiro atoms. The van der Waals surface area contributed by atoms with Gasteiger partial charge >= 0.3 is 5.97 Å². The maximum Gasteiger partial charge on any atom is 0.312 e. The zero-order chi connectivity index (χ0) is 14.3. The summed E-state index contributed by atoms with van der Waals surface area (Å²) in [5.41, 5.74) is -0.258. The van der Waals surface area contributed by atoms with Gasteiger partial charge < -0.3 is 19.5 Å². The van der Waals surface area contributed by atoms with Gasteiger partial charge in [-0.05, 0) is 26.8 Å². The van der Waals surface area contributed by atoms with Crippen LogP contribution in [-0.4, -0.2) is 51.1 Å². The summed E-state index contributed by atoms with van der Waals surface area (Å²) >= 11 is 0. The topological polar surface area (TPSA) is 56.8 Å². The van der Waals surface area contributed by atoms with Gasteiger partial charge in [0.2, 0.25) is 0 Å². The summed E-state index contributed by atoms with van der Waals surface area (Å²) in [6.07, 6.45) is 1.73. The van der Waals surface area contributed by atoms with Crippen molar-refractivity contribution in [3.05, 3.63) is 0 Å². The summed E-state index contributed by atoms with van der Waals surface area (Å²) in [5.74, 6) is -0.352. The smallest absolute Gasteiger partial charge is 0.312 e. The highest BCUT2D eigenvalue weighted by atomic mass is 16.5. The van der Waals surface area contributed by atoms with Crippen LogP contribution in [0.15, 0.2) is 0 Å². The van der Waals surface area contributed by atoms with Crippen molar-refractivity contribution in [3.63, 3.8) is 0 Å². The maximum absolute atomic E-state index is 12.0. The Morgan fingerprint density at radius 2 is 2.16 bits per heavy atom. The van der Waals surface area contributed by atoms with Crippen LogP contribution < -0.4 is 5.32 Å². The number of nitrogens with one attached hydrogen (secondary N) is 1. The van der Waals surface area contributed by atoms with Crippen LogP contribution in [0.5, 0.6) is 0 Å². The average Bonchev–Trinajstić information content (AvgIpc) is 2.84. The van der Waals surface area contributed by atoms with E-state index in [1.165, 1.54) is 0 Å². The number of methoxy groups -OCH3 is 1. The summed E-state index contributed by atoms with van der Waals surface area (Å²) in [4.78, 5) is 12.0. The molecular formula is C14H27NO4. The molecule has 0 aromatic rings. The van der Waals surface area contributed by atoms with Crippen LogP contribution in [-0.2, 0) is 19.0 Å². The summed E-state index contributed by atoms with van der Waals surface area (Å²) in [7, 11) is 1.66. The number of rotatable bonds is 8. The Kier molecular flexibility index (Phi) is 6.75. The highest BCUT2D eigenvalue weighted by molar-refractivity contribution is 5.73. The van der Waals surface area contributed by atoms with Crippen molar-refractivity contribution in [1.82, 2.24) is 5.32 Å². The van der Waals surface area contributed by atoms with Crippen LogP contribution in [0.2, 0.25) is 0 Å². The van der Waals surface area contributed by atoms with E-state index in [4.69, 9.17) is 14.2 Å². The predicted molar refractivity (Wildman–Crippen MR) is 73.1 cm³/mol. The number of esters is 1. The van der Waals surface area contributed by atoms with E-state index in [1.807, 2.05) is 13.8 Å². The van der Waals surface area contributed by atoms with E-state index in [0.29, 0.717) is 26.2 Å². The van der Waals surface area contributed by atoms with Gasteiger partial charge in [-0.2, -0.15) is 0 Å². The zero-order valence-corrected chi connectivity index (χ0v) is 12.5. The van der Waals surface area contributed by atoms with E-state index < -0.39 is 0 Å². The van der Waals surface area contributed by atoms with Gasteiger partial charge in [0, 0.05) is 19.6 Å². The fourth-order valence-electron chi connectivity index (χ4n) is 1.92. The normalized spacial score (nSPS) is 23.6. The van der Waals surface area contributed by atoms with Crippen molar-refractivity contribution in [1.29, 1.82) is 0 Å². The van der Waals surface area contributed by atoms with Crippen molar-refractivity contribution < 1.29 is 19.0 Å². The Hall–Kier alpha value is -0.650. The molecule has 0 aromatic carbocycles. The second kappa shape index (κ2) is 7.82. The van der Waals surface area contributed by atoms with Crippen LogP contribution in [0.1, 0.15) is 33.6 Å². The summed E-state index contributed by atoms with van der Waals surface area (Å²) < 4.78 is 16.0. The minimum absolute atomic E-state index is 0.0860. The number of carbonyl (C=O) groups is 1. The second-order valence-electron chi connectivity index (χ2n) is 5.59. The van der Waals surface area contributed by atoms with Gasteiger partial charge in [-0.3, -0.25) is 4.79 Å². The lowest BCUT2D eigenvalue weighted by Gasteiger charge is -2.23. The van der Waals surface area contributed by atoms with E-state index in [2.05, 4.69) is 12.2 Å². The predicted octanol–water partition coefficient (Wildman–Crippen LogP) is 1.36. The molecule has 1 N–H and O–H groups in total. The van der Waals surface area contributed by atoms with Crippen LogP contribution in [0.4, 0.5) is 0 Å². The highest BCUT2D eigenvalue weighted by Gasteiger charge is 2.35. The Morgan fingerprint density at radius 1 is 1.42 bits per heavy atom. The van der Waals surface area contributed by atoms with Crippen LogP contribution in [0.25, 0.3) is 0 Å². The molecule has 19 heavy (non-hydrogen) atoms. The molecule has 1 saturated heterocycles. The monoisotopic (exact) mass is 273 g/mol. The molecule has 5 nitrogen and oxygen atoms in total. The Labute approximate surface area is 116 Å². The van der Waals surface area contributed by atoms with Gasteiger partial charge in [0.15, 0.2) is 0 Å². The van der Waals surface area contributed by atoms with Crippen molar-refractivity contribution in [2.45, 2.75) is 45.3 Å². The molecule has 0 amide bonds. The minimum Gasteiger partial charge on any atom is -0.465 e. The molecule has 1 heterocycles. The average molecular weight is 273 g/mol. The van der Waals surface area contributed by atoms with E-state index in [9.17, 15) is 4.79 Å². The molecule has 1 aliphatic rings. The van der Waals surface area contributed by atoms with Crippen LogP contribution in [0, 0.1) is 5.92 Å². The second-order valence-corrected chi connectivity index (χ2v) is 5.59. The molecule has 2 atom stereocenters. The van der Waals surface area contributed by atoms with Crippen molar-refractivity contribution in [2.24, 2.45) is 5.92 Å². The third-order valence-corrected chi connectivity index (χ3v) is 3.54. The van der Waals surface area contributed by atoms with Gasteiger partial charge in [-0.25, -0.2) is 0 Å². The molecule has 0 bridgehead atoms. The van der Waals surface area contributed by atoms with E-state index >= 15 is 0 Å². The quantitative estimate of drug-likeness (QED) is 0.677. The summed E-state index contributed by atoms with van der Waals surface area (Å²) in [6, 6.07) is 0.0860. The molecule has 1 fully saturated rings. The van der Waals surface area contributed by atoms with Crippen LogP contribution >= 0.6 is 0 Å². The molecular weight excluding hydrogens is 246 g/mol. The number of carbonyl (C=O) groups excluding carboxylic acids is 1. The maximum atomic E-state index is 12.0. The van der Waals surface area contributed by atoms with E-state index in [1.54, 1.807) is 7.11 Å². The number of hydrogen-bond donors (Lipinski definition) is 1. The van der Waals surface area contributed by atoms with Crippen molar-refractivity contribution in [3.8, 4) is 0 Å².